The van der Waals surface area contributed by atoms with E-state index in [-0.39, 0.29) is 11.6 Å². The molecule has 4 aromatic rings. The van der Waals surface area contributed by atoms with E-state index in [1.54, 1.807) is 12.1 Å². The summed E-state index contributed by atoms with van der Waals surface area (Å²) in [5.41, 5.74) is 12.7. The second kappa shape index (κ2) is 12.4. The Kier molecular flexibility index (Phi) is 8.63. The van der Waals surface area contributed by atoms with Crippen LogP contribution in [-0.4, -0.2) is 11.6 Å². The van der Waals surface area contributed by atoms with Gasteiger partial charge in [-0.15, -0.1) is 0 Å². The molecule has 0 spiro atoms. The SMILES string of the molecule is CCc1cc(CC)c(Nc2cccc3c2C(=O)c2c(Nc4c(CC)cc(CC)cc4CC)cccc2C3=O)c(CC)c1. The molecule has 4 heteroatoms. The zero-order valence-corrected chi connectivity index (χ0v) is 25.8. The Balaban J connectivity index is 1.63. The Morgan fingerprint density at radius 2 is 0.833 bits per heavy atom. The van der Waals surface area contributed by atoms with Gasteiger partial charge in [0.15, 0.2) is 11.6 Å². The number of carbonyl (C=O) groups is 2. The van der Waals surface area contributed by atoms with Crippen LogP contribution in [0.25, 0.3) is 0 Å². The number of fused-ring (bicyclic) bond motifs is 2. The van der Waals surface area contributed by atoms with E-state index in [1.165, 1.54) is 33.4 Å². The van der Waals surface area contributed by atoms with Gasteiger partial charge in [-0.3, -0.25) is 9.59 Å². The number of carbonyl (C=O) groups excluding carboxylic acids is 2. The molecule has 0 bridgehead atoms. The summed E-state index contributed by atoms with van der Waals surface area (Å²) in [6.45, 7) is 13.0. The predicted molar refractivity (Wildman–Crippen MR) is 175 cm³/mol. The van der Waals surface area contributed by atoms with Gasteiger partial charge < -0.3 is 10.6 Å². The molecule has 0 saturated carbocycles. The van der Waals surface area contributed by atoms with Gasteiger partial charge in [0.25, 0.3) is 0 Å². The summed E-state index contributed by atoms with van der Waals surface area (Å²) in [7, 11) is 0. The number of aryl methyl sites for hydroxylation is 6. The summed E-state index contributed by atoms with van der Waals surface area (Å²) in [5, 5.41) is 7.26. The number of hydrogen-bond acceptors (Lipinski definition) is 4. The molecule has 4 aromatic carbocycles. The van der Waals surface area contributed by atoms with Crippen LogP contribution in [0.3, 0.4) is 0 Å². The number of ketones is 2. The van der Waals surface area contributed by atoms with E-state index in [2.05, 4.69) is 76.4 Å². The lowest BCUT2D eigenvalue weighted by Gasteiger charge is -2.25. The predicted octanol–water partition coefficient (Wildman–Crippen LogP) is 9.32. The second-order valence-corrected chi connectivity index (χ2v) is 11.1. The van der Waals surface area contributed by atoms with Crippen molar-refractivity contribution in [2.45, 2.75) is 80.1 Å². The summed E-state index contributed by atoms with van der Waals surface area (Å²) >= 11 is 0. The van der Waals surface area contributed by atoms with E-state index < -0.39 is 0 Å². The molecular formula is C38H42N2O2. The van der Waals surface area contributed by atoms with E-state index in [0.29, 0.717) is 33.6 Å². The van der Waals surface area contributed by atoms with Gasteiger partial charge in [-0.05, 0) is 84.0 Å². The normalized spacial score (nSPS) is 12.2. The van der Waals surface area contributed by atoms with Gasteiger partial charge in [-0.25, -0.2) is 0 Å². The summed E-state index contributed by atoms with van der Waals surface area (Å²) < 4.78 is 0. The van der Waals surface area contributed by atoms with Gasteiger partial charge in [0.05, 0.1) is 22.5 Å². The van der Waals surface area contributed by atoms with E-state index >= 15 is 0 Å². The Morgan fingerprint density at radius 3 is 1.14 bits per heavy atom. The first kappa shape index (κ1) is 29.3. The van der Waals surface area contributed by atoms with Crippen LogP contribution >= 0.6 is 0 Å². The third kappa shape index (κ3) is 5.15. The molecule has 0 atom stereocenters. The topological polar surface area (TPSA) is 58.2 Å². The third-order valence-electron chi connectivity index (χ3n) is 8.65. The maximum atomic E-state index is 14.5. The van der Waals surface area contributed by atoms with Crippen molar-refractivity contribution in [1.29, 1.82) is 0 Å². The molecule has 0 saturated heterocycles. The lowest BCUT2D eigenvalue weighted by molar-refractivity contribution is 0.0980. The maximum absolute atomic E-state index is 14.5. The average molecular weight is 559 g/mol. The smallest absolute Gasteiger partial charge is 0.198 e. The Bertz CT molecular complexity index is 1510. The average Bonchev–Trinajstić information content (AvgIpc) is 3.03. The maximum Gasteiger partial charge on any atom is 0.198 e. The molecule has 4 nitrogen and oxygen atoms in total. The van der Waals surface area contributed by atoms with Crippen LogP contribution in [0, 0.1) is 0 Å². The third-order valence-corrected chi connectivity index (χ3v) is 8.65. The quantitative estimate of drug-likeness (QED) is 0.179. The molecule has 0 aromatic heterocycles. The molecule has 0 amide bonds. The minimum atomic E-state index is -0.131. The summed E-state index contributed by atoms with van der Waals surface area (Å²) in [6.07, 6.45) is 5.44. The summed E-state index contributed by atoms with van der Waals surface area (Å²) in [5.74, 6) is -0.249. The van der Waals surface area contributed by atoms with Crippen LogP contribution in [-0.2, 0) is 38.5 Å². The standard InChI is InChI=1S/C38H42N2O2/c1-7-23-19-25(9-3)35(26(10-4)20-23)39-31-17-13-15-29-33(31)38(42)34-30(37(29)41)16-14-18-32(34)40-36-27(11-5)21-24(8-2)22-28(36)12-6/h13-22,39-40H,7-12H2,1-6H3. The molecular weight excluding hydrogens is 516 g/mol. The van der Waals surface area contributed by atoms with E-state index in [1.807, 2.05) is 24.3 Å². The highest BCUT2D eigenvalue weighted by Gasteiger charge is 2.34. The lowest BCUT2D eigenvalue weighted by Crippen LogP contribution is -2.23. The van der Waals surface area contributed by atoms with E-state index in [9.17, 15) is 9.59 Å². The fraction of sp³-hybridized carbons (Fsp3) is 0.316. The van der Waals surface area contributed by atoms with Crippen molar-refractivity contribution in [3.05, 3.63) is 116 Å². The minimum Gasteiger partial charge on any atom is -0.354 e. The molecule has 5 rings (SSSR count). The van der Waals surface area contributed by atoms with Gasteiger partial charge >= 0.3 is 0 Å². The number of benzene rings is 4. The van der Waals surface area contributed by atoms with Crippen molar-refractivity contribution >= 4 is 34.3 Å². The van der Waals surface area contributed by atoms with Crippen molar-refractivity contribution in [1.82, 2.24) is 0 Å². The molecule has 0 radical (unpaired) electrons. The first-order chi connectivity index (χ1) is 20.4. The Hall–Kier alpha value is -4.18. The first-order valence-corrected chi connectivity index (χ1v) is 15.6. The van der Waals surface area contributed by atoms with Crippen LogP contribution in [0.4, 0.5) is 22.7 Å². The zero-order chi connectivity index (χ0) is 30.0. The molecule has 0 aliphatic heterocycles. The molecule has 1 aliphatic rings. The summed E-state index contributed by atoms with van der Waals surface area (Å²) in [6, 6.07) is 20.1. The number of hydrogen-bond donors (Lipinski definition) is 2. The zero-order valence-electron chi connectivity index (χ0n) is 25.8. The van der Waals surface area contributed by atoms with Crippen molar-refractivity contribution < 1.29 is 9.59 Å². The number of nitrogens with one attached hydrogen (secondary N) is 2. The van der Waals surface area contributed by atoms with Gasteiger partial charge in [0, 0.05) is 22.5 Å². The number of rotatable bonds is 10. The molecule has 0 fully saturated rings. The van der Waals surface area contributed by atoms with Gasteiger partial charge in [-0.1, -0.05) is 90.1 Å². The Morgan fingerprint density at radius 1 is 0.476 bits per heavy atom. The van der Waals surface area contributed by atoms with Crippen LogP contribution < -0.4 is 10.6 Å². The van der Waals surface area contributed by atoms with E-state index in [0.717, 1.165) is 49.9 Å². The molecule has 0 heterocycles. The fourth-order valence-corrected chi connectivity index (χ4v) is 6.24. The van der Waals surface area contributed by atoms with Crippen LogP contribution in [0.15, 0.2) is 60.7 Å². The lowest BCUT2D eigenvalue weighted by atomic mass is 9.82. The van der Waals surface area contributed by atoms with Crippen molar-refractivity contribution in [2.24, 2.45) is 0 Å². The van der Waals surface area contributed by atoms with Gasteiger partial charge in [-0.2, -0.15) is 0 Å². The van der Waals surface area contributed by atoms with Crippen molar-refractivity contribution in [2.75, 3.05) is 10.6 Å². The fourth-order valence-electron chi connectivity index (χ4n) is 6.24. The number of anilines is 4. The molecule has 216 valence electrons. The largest absolute Gasteiger partial charge is 0.354 e. The molecule has 42 heavy (non-hydrogen) atoms. The molecule has 2 N–H and O–H groups in total. The first-order valence-electron chi connectivity index (χ1n) is 15.6. The second-order valence-electron chi connectivity index (χ2n) is 11.1. The van der Waals surface area contributed by atoms with Crippen LogP contribution in [0.2, 0.25) is 0 Å². The minimum absolute atomic E-state index is 0.118. The van der Waals surface area contributed by atoms with Gasteiger partial charge in [0.1, 0.15) is 0 Å². The van der Waals surface area contributed by atoms with Crippen LogP contribution in [0.5, 0.6) is 0 Å². The molecule has 1 aliphatic carbocycles. The highest BCUT2D eigenvalue weighted by atomic mass is 16.1. The Labute approximate surface area is 250 Å². The van der Waals surface area contributed by atoms with Crippen molar-refractivity contribution in [3.8, 4) is 0 Å². The highest BCUT2D eigenvalue weighted by Crippen LogP contribution is 2.39. The van der Waals surface area contributed by atoms with Gasteiger partial charge in [0.2, 0.25) is 0 Å². The monoisotopic (exact) mass is 558 g/mol. The molecule has 0 unspecified atom stereocenters. The summed E-state index contributed by atoms with van der Waals surface area (Å²) in [4.78, 5) is 28.4. The van der Waals surface area contributed by atoms with Crippen LogP contribution in [0.1, 0.15) is 107 Å². The highest BCUT2D eigenvalue weighted by molar-refractivity contribution is 6.32. The van der Waals surface area contributed by atoms with Crippen molar-refractivity contribution in [3.63, 3.8) is 0 Å². The van der Waals surface area contributed by atoms with E-state index in [4.69, 9.17) is 0 Å².